The van der Waals surface area contributed by atoms with Crippen LogP contribution in [0.1, 0.15) is 43.4 Å². The predicted octanol–water partition coefficient (Wildman–Crippen LogP) is 5.78. The minimum Gasteiger partial charge on any atom is -0.474 e. The molecule has 0 spiro atoms. The molecule has 4 unspecified atom stereocenters. The molecule has 0 radical (unpaired) electrons. The lowest BCUT2D eigenvalue weighted by Gasteiger charge is -2.34. The number of terminal acetylenes is 1. The zero-order valence-corrected chi connectivity index (χ0v) is 28.0. The van der Waals surface area contributed by atoms with Gasteiger partial charge in [-0.1, -0.05) is 12.0 Å². The number of hydrogen-bond acceptors (Lipinski definition) is 12. The standard InChI is InChI=1S/C28H20F2N8O2S.C7H12FN/c1-4-13-11-40-27-19-22(36-28(39-3)37-26(19)38(13)12(2)14-6-5-9-34-24(14)32)20(30)21(35-27)15-7-8-17(29)23-18(15)16(10-31)25(33)41-23;8-6-4-7-2-1-3-9(7)5-6/h1,5-9,12-13H,11,33H2,2-3H3,(H2,32,34);6-7H,1-5H2. The van der Waals surface area contributed by atoms with Gasteiger partial charge in [0.2, 0.25) is 5.88 Å². The zero-order valence-electron chi connectivity index (χ0n) is 27.2. The SMILES string of the molecule is C#CC1COc2nc(-c3ccc(F)c4sc(N)c(C#N)c34)c(F)c3nc(OC)nc(c23)N1C(C)c1cccnc1N.FC1CC2CCCN2C1. The van der Waals surface area contributed by atoms with E-state index in [1.807, 2.05) is 19.1 Å². The number of fused-ring (bicyclic) bond motifs is 2. The Balaban J connectivity index is 0.000000375. The number of hydrogen-bond donors (Lipinski definition) is 2. The molecule has 8 rings (SSSR count). The second-order valence-electron chi connectivity index (χ2n) is 12.3. The molecule has 1 aromatic carbocycles. The van der Waals surface area contributed by atoms with Crippen molar-refractivity contribution in [2.24, 2.45) is 0 Å². The molecule has 11 nitrogen and oxygen atoms in total. The highest BCUT2D eigenvalue weighted by Gasteiger charge is 2.36. The molecule has 0 saturated carbocycles. The molecule has 50 heavy (non-hydrogen) atoms. The van der Waals surface area contributed by atoms with Gasteiger partial charge in [0.05, 0.1) is 23.4 Å². The number of nitrogens with two attached hydrogens (primary N) is 2. The van der Waals surface area contributed by atoms with Crippen LogP contribution in [0.3, 0.4) is 0 Å². The molecule has 0 amide bonds. The maximum absolute atomic E-state index is 16.5. The minimum atomic E-state index is -0.858. The van der Waals surface area contributed by atoms with Crippen LogP contribution in [0.4, 0.5) is 29.8 Å². The van der Waals surface area contributed by atoms with Crippen LogP contribution in [-0.2, 0) is 0 Å². The molecule has 4 atom stereocenters. The Morgan fingerprint density at radius 3 is 2.72 bits per heavy atom. The first-order valence-electron chi connectivity index (χ1n) is 16.0. The van der Waals surface area contributed by atoms with E-state index in [1.54, 1.807) is 17.2 Å². The fourth-order valence-corrected chi connectivity index (χ4v) is 8.04. The van der Waals surface area contributed by atoms with Gasteiger partial charge in [-0.15, -0.1) is 17.8 Å². The van der Waals surface area contributed by atoms with Crippen LogP contribution in [0.25, 0.3) is 32.2 Å². The lowest BCUT2D eigenvalue weighted by atomic mass is 10.0. The molecule has 256 valence electrons. The Morgan fingerprint density at radius 1 is 1.18 bits per heavy atom. The van der Waals surface area contributed by atoms with Gasteiger partial charge in [-0.05, 0) is 50.9 Å². The van der Waals surface area contributed by atoms with Crippen molar-refractivity contribution in [1.29, 1.82) is 5.26 Å². The fraction of sp³-hybridized carbons (Fsp3) is 0.343. The molecule has 4 N–H and O–H groups in total. The summed E-state index contributed by atoms with van der Waals surface area (Å²) >= 11 is 0.896. The number of alkyl halides is 1. The van der Waals surface area contributed by atoms with Crippen molar-refractivity contribution in [3.05, 3.63) is 53.2 Å². The van der Waals surface area contributed by atoms with E-state index in [9.17, 15) is 14.0 Å². The molecule has 5 aromatic rings. The van der Waals surface area contributed by atoms with Gasteiger partial charge in [-0.3, -0.25) is 4.90 Å². The second kappa shape index (κ2) is 13.2. The first-order valence-corrected chi connectivity index (χ1v) is 16.8. The molecule has 0 bridgehead atoms. The van der Waals surface area contributed by atoms with Crippen molar-refractivity contribution in [2.75, 3.05) is 43.2 Å². The maximum Gasteiger partial charge on any atom is 0.318 e. The minimum absolute atomic E-state index is 0.00217. The number of benzene rings is 1. The Kier molecular flexibility index (Phi) is 8.71. The highest BCUT2D eigenvalue weighted by atomic mass is 32.1. The van der Waals surface area contributed by atoms with Crippen LogP contribution in [0.15, 0.2) is 30.5 Å². The van der Waals surface area contributed by atoms with Crippen molar-refractivity contribution in [3.63, 3.8) is 0 Å². The number of anilines is 3. The monoisotopic (exact) mass is 699 g/mol. The lowest BCUT2D eigenvalue weighted by molar-refractivity contribution is 0.292. The third kappa shape index (κ3) is 5.52. The van der Waals surface area contributed by atoms with Gasteiger partial charge in [0.15, 0.2) is 11.6 Å². The van der Waals surface area contributed by atoms with E-state index in [1.165, 1.54) is 32.1 Å². The van der Waals surface area contributed by atoms with Gasteiger partial charge in [0.1, 0.15) is 58.1 Å². The van der Waals surface area contributed by atoms with Crippen molar-refractivity contribution < 1.29 is 22.6 Å². The van der Waals surface area contributed by atoms with Crippen molar-refractivity contribution in [3.8, 4) is 41.6 Å². The number of methoxy groups -OCH3 is 1. The summed E-state index contributed by atoms with van der Waals surface area (Å²) in [6.45, 7) is 3.68. The van der Waals surface area contributed by atoms with Crippen LogP contribution < -0.4 is 25.8 Å². The van der Waals surface area contributed by atoms with Gasteiger partial charge in [-0.2, -0.15) is 15.2 Å². The number of nitriles is 1. The summed E-state index contributed by atoms with van der Waals surface area (Å²) in [6.07, 6.45) is 10.3. The van der Waals surface area contributed by atoms with Crippen LogP contribution in [0, 0.1) is 35.3 Å². The Hall–Kier alpha value is -5.38. The highest BCUT2D eigenvalue weighted by molar-refractivity contribution is 7.23. The highest BCUT2D eigenvalue weighted by Crippen LogP contribution is 2.46. The van der Waals surface area contributed by atoms with E-state index in [2.05, 4.69) is 30.8 Å². The third-order valence-electron chi connectivity index (χ3n) is 9.43. The number of ether oxygens (including phenoxy) is 2. The summed E-state index contributed by atoms with van der Waals surface area (Å²) < 4.78 is 55.4. The molecule has 0 aliphatic carbocycles. The molecular formula is C35H32F3N9O2S. The number of rotatable bonds is 4. The largest absolute Gasteiger partial charge is 0.474 e. The van der Waals surface area contributed by atoms with Crippen LogP contribution >= 0.6 is 11.3 Å². The number of nitrogens with zero attached hydrogens (tertiary/aromatic N) is 7. The summed E-state index contributed by atoms with van der Waals surface area (Å²) in [5.41, 5.74) is 12.6. The molecule has 2 fully saturated rings. The Morgan fingerprint density at radius 2 is 2.00 bits per heavy atom. The first kappa shape index (κ1) is 33.1. The molecule has 7 heterocycles. The molecule has 2 saturated heterocycles. The smallest absolute Gasteiger partial charge is 0.318 e. The molecular weight excluding hydrogens is 668 g/mol. The normalized spacial score (nSPS) is 20.3. The molecule has 3 aliphatic heterocycles. The third-order valence-corrected chi connectivity index (χ3v) is 10.5. The summed E-state index contributed by atoms with van der Waals surface area (Å²) in [5, 5.41) is 10.2. The second-order valence-corrected chi connectivity index (χ2v) is 13.3. The lowest BCUT2D eigenvalue weighted by Crippen LogP contribution is -2.40. The van der Waals surface area contributed by atoms with Gasteiger partial charge < -0.3 is 25.8 Å². The van der Waals surface area contributed by atoms with E-state index >= 15 is 4.39 Å². The average molecular weight is 700 g/mol. The Labute approximate surface area is 289 Å². The fourth-order valence-electron chi connectivity index (χ4n) is 7.09. The van der Waals surface area contributed by atoms with E-state index in [0.717, 1.165) is 24.3 Å². The number of halogens is 3. The van der Waals surface area contributed by atoms with Gasteiger partial charge in [-0.25, -0.2) is 23.1 Å². The molecule has 15 heteroatoms. The average Bonchev–Trinajstić information content (AvgIpc) is 3.77. The van der Waals surface area contributed by atoms with Crippen molar-refractivity contribution in [2.45, 2.75) is 50.5 Å². The van der Waals surface area contributed by atoms with E-state index in [0.29, 0.717) is 24.0 Å². The quantitative estimate of drug-likeness (QED) is 0.220. The topological polar surface area (TPSA) is 152 Å². The predicted molar refractivity (Wildman–Crippen MR) is 186 cm³/mol. The first-order chi connectivity index (χ1) is 24.1. The number of aromatic nitrogens is 4. The van der Waals surface area contributed by atoms with Crippen LogP contribution in [0.5, 0.6) is 11.9 Å². The van der Waals surface area contributed by atoms with Gasteiger partial charge >= 0.3 is 6.01 Å². The molecule has 3 aliphatic rings. The maximum atomic E-state index is 16.5. The summed E-state index contributed by atoms with van der Waals surface area (Å²) in [4.78, 5) is 21.6. The van der Waals surface area contributed by atoms with E-state index in [-0.39, 0.29) is 67.1 Å². The summed E-state index contributed by atoms with van der Waals surface area (Å²) in [7, 11) is 1.35. The molecule has 4 aromatic heterocycles. The van der Waals surface area contributed by atoms with Gasteiger partial charge in [0.25, 0.3) is 0 Å². The van der Waals surface area contributed by atoms with Crippen LogP contribution in [-0.4, -0.2) is 69.9 Å². The number of nitrogen functional groups attached to an aromatic ring is 2. The Bertz CT molecular complexity index is 2210. The van der Waals surface area contributed by atoms with Crippen molar-refractivity contribution in [1.82, 2.24) is 24.8 Å². The zero-order chi connectivity index (χ0) is 35.3. The van der Waals surface area contributed by atoms with E-state index in [4.69, 9.17) is 27.4 Å². The number of pyridine rings is 2. The van der Waals surface area contributed by atoms with Gasteiger partial charge in [0, 0.05) is 35.3 Å². The number of thiophene rings is 1. The van der Waals surface area contributed by atoms with Crippen molar-refractivity contribution >= 4 is 49.0 Å². The summed E-state index contributed by atoms with van der Waals surface area (Å²) in [6, 6.07) is 7.36. The van der Waals surface area contributed by atoms with Crippen LogP contribution in [0.2, 0.25) is 0 Å². The van der Waals surface area contributed by atoms with E-state index < -0.39 is 29.9 Å². The summed E-state index contributed by atoms with van der Waals surface area (Å²) in [5.74, 6) is 1.78.